The van der Waals surface area contributed by atoms with E-state index in [2.05, 4.69) is 15.4 Å². The molecule has 0 unspecified atom stereocenters. The number of aromatic nitrogens is 3. The molecule has 2 atom stereocenters. The Bertz CT molecular complexity index is 1670. The van der Waals surface area contributed by atoms with Crippen molar-refractivity contribution in [2.24, 2.45) is 0 Å². The Morgan fingerprint density at radius 1 is 1.24 bits per heavy atom. The van der Waals surface area contributed by atoms with Crippen molar-refractivity contribution in [3.8, 4) is 11.8 Å². The maximum atomic E-state index is 13.7. The molecule has 41 heavy (non-hydrogen) atoms. The number of pyridine rings is 1. The van der Waals surface area contributed by atoms with E-state index in [0.29, 0.717) is 36.4 Å². The highest BCUT2D eigenvalue weighted by Gasteiger charge is 2.49. The van der Waals surface area contributed by atoms with E-state index >= 15 is 0 Å². The second-order valence-electron chi connectivity index (χ2n) is 9.76. The first-order chi connectivity index (χ1) is 19.2. The van der Waals surface area contributed by atoms with E-state index < -0.39 is 68.4 Å². The van der Waals surface area contributed by atoms with Gasteiger partial charge in [-0.1, -0.05) is 11.6 Å². The maximum Gasteiger partial charge on any atom is 0.417 e. The van der Waals surface area contributed by atoms with Crippen LogP contribution in [-0.2, 0) is 20.8 Å². The number of halogens is 5. The molecule has 1 aromatic carbocycles. The predicted octanol–water partition coefficient (Wildman–Crippen LogP) is 4.55. The molecule has 1 aliphatic heterocycles. The standard InChI is InChI=1S/C25H21ClF4N6O4S/c1-14-8-21(36(34-14)16-4-7-32-20(26)10-16)35-12-17(11-22(35)40-23(37)33-24(13-31)5-6-24)41(38,39)19-3-2-15(27)9-18(19)25(28,29)30/h2-4,7-10,17,22H,5-6,11-12H2,1H3,(H,33,37)/t17-,22+/m1/s1. The number of nitrogens with zero attached hydrogens (tertiary/aromatic N) is 5. The lowest BCUT2D eigenvalue weighted by Crippen LogP contribution is -2.42. The van der Waals surface area contributed by atoms with Crippen LogP contribution >= 0.6 is 11.6 Å². The van der Waals surface area contributed by atoms with E-state index in [4.69, 9.17) is 16.3 Å². The molecule has 216 valence electrons. The SMILES string of the molecule is Cc1cc(N2C[C@H](S(=O)(=O)c3ccc(F)cc3C(F)(F)F)C[C@@H]2OC(=O)NC2(C#N)CC2)n(-c2ccnc(Cl)c2)n1. The molecule has 0 spiro atoms. The Morgan fingerprint density at radius 2 is 1.98 bits per heavy atom. The molecule has 0 bridgehead atoms. The van der Waals surface area contributed by atoms with Gasteiger partial charge < -0.3 is 15.0 Å². The highest BCUT2D eigenvalue weighted by molar-refractivity contribution is 7.92. The largest absolute Gasteiger partial charge is 0.425 e. The summed E-state index contributed by atoms with van der Waals surface area (Å²) in [6.07, 6.45) is -5.62. The summed E-state index contributed by atoms with van der Waals surface area (Å²) in [6.45, 7) is 1.26. The number of ether oxygens (including phenoxy) is 1. The lowest BCUT2D eigenvalue weighted by Gasteiger charge is -2.27. The summed E-state index contributed by atoms with van der Waals surface area (Å²) in [5.41, 5.74) is -1.81. The van der Waals surface area contributed by atoms with Gasteiger partial charge in [0.25, 0.3) is 0 Å². The summed E-state index contributed by atoms with van der Waals surface area (Å²) in [6, 6.07) is 7.97. The number of aryl methyl sites for hydroxylation is 1. The second-order valence-corrected chi connectivity index (χ2v) is 12.3. The number of amides is 1. The van der Waals surface area contributed by atoms with Gasteiger partial charge in [0.2, 0.25) is 0 Å². The average Bonchev–Trinajstić information content (AvgIpc) is 3.35. The van der Waals surface area contributed by atoms with Crippen LogP contribution in [0.25, 0.3) is 5.69 Å². The van der Waals surface area contributed by atoms with Gasteiger partial charge in [-0.15, -0.1) is 0 Å². The molecule has 1 aliphatic carbocycles. The van der Waals surface area contributed by atoms with Crippen molar-refractivity contribution in [1.29, 1.82) is 5.26 Å². The van der Waals surface area contributed by atoms with Gasteiger partial charge in [0.1, 0.15) is 22.3 Å². The summed E-state index contributed by atoms with van der Waals surface area (Å²) >= 11 is 6.04. The van der Waals surface area contributed by atoms with Gasteiger partial charge in [-0.05, 0) is 44.0 Å². The minimum absolute atomic E-state index is 0.129. The number of nitriles is 1. The van der Waals surface area contributed by atoms with Gasteiger partial charge in [-0.2, -0.15) is 23.5 Å². The van der Waals surface area contributed by atoms with E-state index in [1.807, 2.05) is 6.07 Å². The van der Waals surface area contributed by atoms with Crippen molar-refractivity contribution < 1.29 is 35.5 Å². The predicted molar refractivity (Wildman–Crippen MR) is 136 cm³/mol. The van der Waals surface area contributed by atoms with Crippen LogP contribution in [0, 0.1) is 24.1 Å². The Hall–Kier alpha value is -3.90. The molecule has 3 heterocycles. The van der Waals surface area contributed by atoms with Gasteiger partial charge >= 0.3 is 12.3 Å². The number of nitrogens with one attached hydrogen (secondary N) is 1. The summed E-state index contributed by atoms with van der Waals surface area (Å²) in [7, 11) is -4.74. The fourth-order valence-electron chi connectivity index (χ4n) is 4.64. The Morgan fingerprint density at radius 3 is 2.61 bits per heavy atom. The summed E-state index contributed by atoms with van der Waals surface area (Å²) in [5.74, 6) is -0.985. The molecule has 1 N–H and O–H groups in total. The van der Waals surface area contributed by atoms with Crippen LogP contribution in [-0.4, -0.2) is 52.8 Å². The number of hydrogen-bond donors (Lipinski definition) is 1. The van der Waals surface area contributed by atoms with E-state index in [1.165, 1.54) is 21.8 Å². The second kappa shape index (κ2) is 10.2. The number of benzene rings is 1. The van der Waals surface area contributed by atoms with Crippen LogP contribution in [0.4, 0.5) is 28.2 Å². The summed E-state index contributed by atoms with van der Waals surface area (Å²) < 4.78 is 89.1. The zero-order chi connectivity index (χ0) is 29.7. The van der Waals surface area contributed by atoms with Gasteiger partial charge in [-0.3, -0.25) is 0 Å². The zero-order valence-corrected chi connectivity index (χ0v) is 22.8. The van der Waals surface area contributed by atoms with E-state index in [1.54, 1.807) is 19.1 Å². The van der Waals surface area contributed by atoms with Gasteiger partial charge in [0.05, 0.1) is 33.2 Å². The number of anilines is 1. The Labute approximate surface area is 236 Å². The van der Waals surface area contributed by atoms with Crippen LogP contribution in [0.1, 0.15) is 30.5 Å². The Kier molecular flexibility index (Phi) is 7.11. The highest BCUT2D eigenvalue weighted by Crippen LogP contribution is 2.40. The Balaban J connectivity index is 1.54. The molecule has 2 aliphatic rings. The third-order valence-corrected chi connectivity index (χ3v) is 9.21. The summed E-state index contributed by atoms with van der Waals surface area (Å²) in [5, 5.41) is 14.8. The van der Waals surface area contributed by atoms with Crippen LogP contribution in [0.3, 0.4) is 0 Å². The molecule has 16 heteroatoms. The number of carbonyl (C=O) groups is 1. The average molecular weight is 613 g/mol. The van der Waals surface area contributed by atoms with E-state index in [-0.39, 0.29) is 17.0 Å². The van der Waals surface area contributed by atoms with Gasteiger partial charge in [0.15, 0.2) is 16.1 Å². The number of rotatable bonds is 6. The lowest BCUT2D eigenvalue weighted by molar-refractivity contribution is -0.140. The van der Waals surface area contributed by atoms with E-state index in [9.17, 15) is 36.0 Å². The first-order valence-corrected chi connectivity index (χ1v) is 14.1. The van der Waals surface area contributed by atoms with Crippen molar-refractivity contribution in [3.05, 3.63) is 64.8 Å². The molecule has 1 saturated carbocycles. The van der Waals surface area contributed by atoms with Crippen LogP contribution in [0.15, 0.2) is 47.5 Å². The van der Waals surface area contributed by atoms with Crippen molar-refractivity contribution in [2.75, 3.05) is 11.4 Å². The van der Waals surface area contributed by atoms with Crippen molar-refractivity contribution >= 4 is 33.3 Å². The molecule has 10 nitrogen and oxygen atoms in total. The summed E-state index contributed by atoms with van der Waals surface area (Å²) in [4.78, 5) is 17.0. The van der Waals surface area contributed by atoms with E-state index in [0.717, 1.165) is 0 Å². The third kappa shape index (κ3) is 5.66. The number of carbonyl (C=O) groups excluding carboxylic acids is 1. The van der Waals surface area contributed by atoms with Crippen LogP contribution in [0.2, 0.25) is 5.15 Å². The lowest BCUT2D eigenvalue weighted by atomic mass is 10.2. The molecule has 1 amide bonds. The van der Waals surface area contributed by atoms with Crippen molar-refractivity contribution in [3.63, 3.8) is 0 Å². The molecule has 3 aromatic rings. The van der Waals surface area contributed by atoms with Gasteiger partial charge in [-0.25, -0.2) is 27.3 Å². The smallest absolute Gasteiger partial charge is 0.417 e. The normalized spacial score (nSPS) is 20.0. The van der Waals surface area contributed by atoms with Gasteiger partial charge in [0, 0.05) is 31.3 Å². The molecule has 0 radical (unpaired) electrons. The monoisotopic (exact) mass is 612 g/mol. The topological polar surface area (TPSA) is 130 Å². The molecule has 2 fully saturated rings. The minimum Gasteiger partial charge on any atom is -0.425 e. The van der Waals surface area contributed by atoms with Crippen LogP contribution in [0.5, 0.6) is 0 Å². The number of alkyl carbamates (subject to hydrolysis) is 1. The zero-order valence-electron chi connectivity index (χ0n) is 21.2. The first kappa shape index (κ1) is 28.6. The molecular weight excluding hydrogens is 592 g/mol. The minimum atomic E-state index is -5.15. The van der Waals surface area contributed by atoms with Crippen molar-refractivity contribution in [1.82, 2.24) is 20.1 Å². The fourth-order valence-corrected chi connectivity index (χ4v) is 6.68. The number of alkyl halides is 3. The quantitative estimate of drug-likeness (QED) is 0.244. The first-order valence-electron chi connectivity index (χ1n) is 12.2. The number of sulfone groups is 1. The molecule has 5 rings (SSSR count). The fraction of sp³-hybridized carbons (Fsp3) is 0.360. The molecule has 2 aromatic heterocycles. The maximum absolute atomic E-state index is 13.7. The molecule has 1 saturated heterocycles. The number of hydrogen-bond acceptors (Lipinski definition) is 8. The van der Waals surface area contributed by atoms with Crippen LogP contribution < -0.4 is 10.2 Å². The third-order valence-electron chi connectivity index (χ3n) is 6.81. The van der Waals surface area contributed by atoms with Crippen molar-refractivity contribution in [2.45, 2.75) is 54.3 Å². The molecular formula is C25H21ClF4N6O4S. The highest BCUT2D eigenvalue weighted by atomic mass is 35.5.